The zero-order valence-corrected chi connectivity index (χ0v) is 20.8. The van der Waals surface area contributed by atoms with E-state index in [9.17, 15) is 9.65 Å². The van der Waals surface area contributed by atoms with Crippen LogP contribution in [0.2, 0.25) is 5.02 Å². The zero-order chi connectivity index (χ0) is 25.1. The molecule has 3 aliphatic rings. The van der Waals surface area contributed by atoms with Crippen LogP contribution in [0, 0.1) is 23.1 Å². The Morgan fingerprint density at radius 3 is 2.59 bits per heavy atom. The number of aromatic nitrogens is 4. The summed E-state index contributed by atoms with van der Waals surface area (Å²) < 4.78 is 15.6. The van der Waals surface area contributed by atoms with E-state index in [0.717, 1.165) is 53.7 Å². The summed E-state index contributed by atoms with van der Waals surface area (Å²) in [6, 6.07) is 12.6. The van der Waals surface area contributed by atoms with Crippen LogP contribution in [0.3, 0.4) is 0 Å². The lowest BCUT2D eigenvalue weighted by Gasteiger charge is -2.22. The van der Waals surface area contributed by atoms with Gasteiger partial charge in [-0.15, -0.1) is 5.10 Å². The van der Waals surface area contributed by atoms with E-state index in [4.69, 9.17) is 11.6 Å². The van der Waals surface area contributed by atoms with Gasteiger partial charge in [0.1, 0.15) is 17.6 Å². The fraction of sp³-hybridized carbons (Fsp3) is 0.357. The van der Waals surface area contributed by atoms with Crippen molar-refractivity contribution in [1.29, 1.82) is 5.26 Å². The number of nitriles is 1. The zero-order valence-electron chi connectivity index (χ0n) is 20.1. The van der Waals surface area contributed by atoms with Crippen molar-refractivity contribution in [3.63, 3.8) is 0 Å². The number of hydrogen-bond acceptors (Lipinski definition) is 6. The SMILES string of the molecule is N#Cc1cnc2c(Cl)cc(NC(c3ccc(F)cc3)c3cn(C4CC4)nn3)cc2c1NC1(C2CC2)CC1. The van der Waals surface area contributed by atoms with Gasteiger partial charge in [0.25, 0.3) is 0 Å². The molecule has 3 saturated carbocycles. The molecule has 2 N–H and O–H groups in total. The van der Waals surface area contributed by atoms with E-state index >= 15 is 0 Å². The highest BCUT2D eigenvalue weighted by molar-refractivity contribution is 6.35. The third kappa shape index (κ3) is 4.17. The molecule has 0 aliphatic heterocycles. The molecule has 2 heterocycles. The Morgan fingerprint density at radius 2 is 1.92 bits per heavy atom. The van der Waals surface area contributed by atoms with E-state index in [0.29, 0.717) is 28.1 Å². The van der Waals surface area contributed by atoms with E-state index in [2.05, 4.69) is 32.0 Å². The van der Waals surface area contributed by atoms with Crippen LogP contribution < -0.4 is 10.6 Å². The topological polar surface area (TPSA) is 91.5 Å². The first-order valence-corrected chi connectivity index (χ1v) is 13.1. The van der Waals surface area contributed by atoms with Crippen molar-refractivity contribution >= 4 is 33.9 Å². The summed E-state index contributed by atoms with van der Waals surface area (Å²) in [4.78, 5) is 4.51. The molecule has 7 rings (SSSR count). The van der Waals surface area contributed by atoms with Crippen molar-refractivity contribution in [2.45, 2.75) is 56.1 Å². The molecule has 1 unspecified atom stereocenters. The van der Waals surface area contributed by atoms with Gasteiger partial charge in [0.2, 0.25) is 0 Å². The van der Waals surface area contributed by atoms with Crippen LogP contribution in [-0.4, -0.2) is 25.5 Å². The summed E-state index contributed by atoms with van der Waals surface area (Å²) in [6.45, 7) is 0. The molecular formula is C28H25ClFN7. The number of halogens is 2. The van der Waals surface area contributed by atoms with Gasteiger partial charge in [-0.2, -0.15) is 5.26 Å². The van der Waals surface area contributed by atoms with Crippen LogP contribution in [0.25, 0.3) is 10.9 Å². The average Bonchev–Trinajstić information content (AvgIpc) is 3.77. The van der Waals surface area contributed by atoms with Gasteiger partial charge in [-0.25, -0.2) is 9.07 Å². The lowest BCUT2D eigenvalue weighted by Crippen LogP contribution is -2.24. The maximum atomic E-state index is 13.7. The van der Waals surface area contributed by atoms with E-state index in [1.54, 1.807) is 18.3 Å². The first-order valence-electron chi connectivity index (χ1n) is 12.8. The number of hydrogen-bond donors (Lipinski definition) is 2. The highest BCUT2D eigenvalue weighted by atomic mass is 35.5. The summed E-state index contributed by atoms with van der Waals surface area (Å²) in [5, 5.41) is 27.2. The van der Waals surface area contributed by atoms with Gasteiger partial charge in [0.05, 0.1) is 40.1 Å². The van der Waals surface area contributed by atoms with E-state index in [1.165, 1.54) is 25.0 Å². The van der Waals surface area contributed by atoms with Gasteiger partial charge in [-0.3, -0.25) is 4.98 Å². The summed E-state index contributed by atoms with van der Waals surface area (Å²) >= 11 is 6.75. The predicted molar refractivity (Wildman–Crippen MR) is 140 cm³/mol. The number of nitrogens with one attached hydrogen (secondary N) is 2. The van der Waals surface area contributed by atoms with E-state index < -0.39 is 0 Å². The first-order chi connectivity index (χ1) is 18.0. The molecule has 2 aromatic carbocycles. The maximum absolute atomic E-state index is 13.7. The van der Waals surface area contributed by atoms with Crippen molar-refractivity contribution in [1.82, 2.24) is 20.0 Å². The smallest absolute Gasteiger partial charge is 0.123 e. The maximum Gasteiger partial charge on any atom is 0.123 e. The molecule has 0 amide bonds. The number of benzene rings is 2. The molecule has 186 valence electrons. The molecular weight excluding hydrogens is 489 g/mol. The molecule has 2 aromatic heterocycles. The monoisotopic (exact) mass is 513 g/mol. The van der Waals surface area contributed by atoms with Gasteiger partial charge in [-0.1, -0.05) is 28.9 Å². The molecule has 1 atom stereocenters. The normalized spacial score (nSPS) is 18.8. The van der Waals surface area contributed by atoms with Gasteiger partial charge in [-0.05, 0) is 74.3 Å². The molecule has 4 aromatic rings. The minimum Gasteiger partial charge on any atom is -0.378 e. The predicted octanol–water partition coefficient (Wildman–Crippen LogP) is 6.38. The Morgan fingerprint density at radius 1 is 1.14 bits per heavy atom. The van der Waals surface area contributed by atoms with Crippen LogP contribution in [0.1, 0.15) is 67.4 Å². The highest BCUT2D eigenvalue weighted by Gasteiger charge is 2.54. The Balaban J connectivity index is 1.30. The van der Waals surface area contributed by atoms with Gasteiger partial charge in [0.15, 0.2) is 0 Å². The van der Waals surface area contributed by atoms with Crippen LogP contribution in [0.4, 0.5) is 15.8 Å². The summed E-state index contributed by atoms with van der Waals surface area (Å²) in [7, 11) is 0. The quantitative estimate of drug-likeness (QED) is 0.284. The van der Waals surface area contributed by atoms with Crippen molar-refractivity contribution < 1.29 is 4.39 Å². The molecule has 0 saturated heterocycles. The standard InChI is InChI=1S/C28H25ClFN7/c29-23-12-20(11-22-25(17(13-31)14-32-27(22)23)34-28(9-10-28)18-3-4-18)33-26(16-1-5-19(30)6-2-16)24-15-37(36-35-24)21-7-8-21/h1-2,5-6,11-12,14-15,18,21,26,33H,3-4,7-10H2,(H,32,34). The van der Waals surface area contributed by atoms with E-state index in [-0.39, 0.29) is 17.4 Å². The number of nitrogens with zero attached hydrogens (tertiary/aromatic N) is 5. The number of anilines is 2. The highest BCUT2D eigenvalue weighted by Crippen LogP contribution is 2.56. The number of pyridine rings is 1. The lowest BCUT2D eigenvalue weighted by atomic mass is 10.0. The second kappa shape index (κ2) is 8.42. The van der Waals surface area contributed by atoms with Crippen LogP contribution >= 0.6 is 11.6 Å². The Bertz CT molecular complexity index is 1550. The minimum atomic E-state index is -0.369. The van der Waals surface area contributed by atoms with Gasteiger partial charge in [0, 0.05) is 22.8 Å². The van der Waals surface area contributed by atoms with Crippen molar-refractivity contribution in [2.75, 3.05) is 10.6 Å². The Kier molecular flexibility index (Phi) is 5.12. The molecule has 9 heteroatoms. The fourth-order valence-corrected chi connectivity index (χ4v) is 5.58. The second-order valence-corrected chi connectivity index (χ2v) is 11.0. The van der Waals surface area contributed by atoms with Crippen LogP contribution in [0.5, 0.6) is 0 Å². The fourth-order valence-electron chi connectivity index (χ4n) is 5.31. The molecule has 37 heavy (non-hydrogen) atoms. The molecule has 0 bridgehead atoms. The molecule has 3 fully saturated rings. The van der Waals surface area contributed by atoms with Crippen molar-refractivity contribution in [3.05, 3.63) is 76.5 Å². The number of rotatable bonds is 8. The van der Waals surface area contributed by atoms with E-state index in [1.807, 2.05) is 23.0 Å². The lowest BCUT2D eigenvalue weighted by molar-refractivity contribution is 0.610. The second-order valence-electron chi connectivity index (χ2n) is 10.6. The summed E-state index contributed by atoms with van der Waals surface area (Å²) in [5.41, 5.74) is 4.38. The van der Waals surface area contributed by atoms with Gasteiger partial charge < -0.3 is 10.6 Å². The Labute approximate surface area is 218 Å². The molecule has 0 spiro atoms. The molecule has 3 aliphatic carbocycles. The van der Waals surface area contributed by atoms with Gasteiger partial charge >= 0.3 is 0 Å². The molecule has 7 nitrogen and oxygen atoms in total. The third-order valence-corrected chi connectivity index (χ3v) is 8.11. The summed E-state index contributed by atoms with van der Waals surface area (Å²) in [5.74, 6) is 0.365. The first kappa shape index (κ1) is 22.5. The van der Waals surface area contributed by atoms with Crippen molar-refractivity contribution in [3.8, 4) is 6.07 Å². The van der Waals surface area contributed by atoms with Crippen LogP contribution in [-0.2, 0) is 0 Å². The third-order valence-electron chi connectivity index (χ3n) is 7.83. The van der Waals surface area contributed by atoms with Crippen LogP contribution in [0.15, 0.2) is 48.8 Å². The average molecular weight is 514 g/mol. The van der Waals surface area contributed by atoms with Crippen molar-refractivity contribution in [2.24, 2.45) is 5.92 Å². The molecule has 0 radical (unpaired) electrons. The minimum absolute atomic E-state index is 0.0771. The summed E-state index contributed by atoms with van der Waals surface area (Å²) in [6.07, 6.45) is 10.4. The number of fused-ring (bicyclic) bond motifs is 1. The Hall–Kier alpha value is -3.70. The largest absolute Gasteiger partial charge is 0.378 e.